The Morgan fingerprint density at radius 2 is 2.06 bits per heavy atom. The van der Waals surface area contributed by atoms with Crippen LogP contribution in [0.4, 0.5) is 0 Å². The summed E-state index contributed by atoms with van der Waals surface area (Å²) in [5.41, 5.74) is 1.86. The molecule has 0 radical (unpaired) electrons. The first-order valence-electron chi connectivity index (χ1n) is 5.94. The van der Waals surface area contributed by atoms with Gasteiger partial charge in [-0.3, -0.25) is 9.59 Å². The molecule has 0 aliphatic heterocycles. The Bertz CT molecular complexity index is 504. The molecule has 0 spiro atoms. The Morgan fingerprint density at radius 1 is 1.24 bits per heavy atom. The molecule has 2 aliphatic rings. The molecule has 0 N–H and O–H groups in total. The van der Waals surface area contributed by atoms with Crippen LogP contribution in [0.3, 0.4) is 0 Å². The molecule has 2 aliphatic carbocycles. The van der Waals surface area contributed by atoms with Gasteiger partial charge in [0, 0.05) is 24.3 Å². The minimum Gasteiger partial charge on any atom is -0.497 e. The predicted octanol–water partition coefficient (Wildman–Crippen LogP) is 2.34. The molecule has 88 valence electrons. The van der Waals surface area contributed by atoms with Gasteiger partial charge in [0.2, 0.25) is 0 Å². The van der Waals surface area contributed by atoms with Crippen molar-refractivity contribution in [3.05, 3.63) is 29.3 Å². The van der Waals surface area contributed by atoms with Crippen LogP contribution < -0.4 is 4.74 Å². The lowest BCUT2D eigenvalue weighted by Gasteiger charge is -2.23. The zero-order valence-electron chi connectivity index (χ0n) is 9.73. The molecule has 0 unspecified atom stereocenters. The number of benzene rings is 1. The normalized spacial score (nSPS) is 26.6. The summed E-state index contributed by atoms with van der Waals surface area (Å²) in [4.78, 5) is 23.7. The van der Waals surface area contributed by atoms with E-state index in [1.807, 2.05) is 12.1 Å². The topological polar surface area (TPSA) is 43.4 Å². The van der Waals surface area contributed by atoms with Gasteiger partial charge in [0.05, 0.1) is 7.11 Å². The average molecular weight is 230 g/mol. The molecule has 1 aromatic carbocycles. The number of fused-ring (bicyclic) bond motifs is 3. The van der Waals surface area contributed by atoms with Crippen LogP contribution in [0, 0.1) is 5.92 Å². The van der Waals surface area contributed by atoms with Gasteiger partial charge in [-0.25, -0.2) is 0 Å². The number of carbonyl (C=O) groups excluding carboxylic acids is 2. The Morgan fingerprint density at radius 3 is 2.82 bits per heavy atom. The van der Waals surface area contributed by atoms with Crippen molar-refractivity contribution in [1.82, 2.24) is 0 Å². The van der Waals surface area contributed by atoms with Crippen LogP contribution in [0.2, 0.25) is 0 Å². The fourth-order valence-electron chi connectivity index (χ4n) is 3.05. The standard InChI is InChI=1S/C14H14O3/c1-17-9-3-5-11-10-4-2-8(15)6-12(10)14(16)13(11)7-9/h3,5,7,10,12H,2,4,6H2,1H3/t10-,12-/m1/s1. The summed E-state index contributed by atoms with van der Waals surface area (Å²) in [6.45, 7) is 0. The van der Waals surface area contributed by atoms with Gasteiger partial charge in [0.1, 0.15) is 11.5 Å². The van der Waals surface area contributed by atoms with Gasteiger partial charge in [-0.1, -0.05) is 6.07 Å². The summed E-state index contributed by atoms with van der Waals surface area (Å²) in [6.07, 6.45) is 1.84. The van der Waals surface area contributed by atoms with Gasteiger partial charge in [-0.15, -0.1) is 0 Å². The number of carbonyl (C=O) groups is 2. The van der Waals surface area contributed by atoms with Crippen LogP contribution in [0.1, 0.15) is 41.1 Å². The third kappa shape index (κ3) is 1.49. The van der Waals surface area contributed by atoms with Crippen molar-refractivity contribution in [2.45, 2.75) is 25.2 Å². The van der Waals surface area contributed by atoms with Crippen LogP contribution in [0.5, 0.6) is 5.75 Å². The smallest absolute Gasteiger partial charge is 0.167 e. The van der Waals surface area contributed by atoms with E-state index in [-0.39, 0.29) is 23.4 Å². The van der Waals surface area contributed by atoms with Gasteiger partial charge in [0.25, 0.3) is 0 Å². The zero-order chi connectivity index (χ0) is 12.0. The van der Waals surface area contributed by atoms with Crippen molar-refractivity contribution in [2.24, 2.45) is 5.92 Å². The van der Waals surface area contributed by atoms with Gasteiger partial charge in [0.15, 0.2) is 5.78 Å². The Labute approximate surface area is 99.8 Å². The molecule has 3 rings (SSSR count). The van der Waals surface area contributed by atoms with E-state index in [9.17, 15) is 9.59 Å². The van der Waals surface area contributed by atoms with E-state index in [1.165, 1.54) is 0 Å². The van der Waals surface area contributed by atoms with Crippen LogP contribution >= 0.6 is 0 Å². The molecule has 0 heterocycles. The third-order valence-corrected chi connectivity index (χ3v) is 3.93. The summed E-state index contributed by atoms with van der Waals surface area (Å²) in [7, 11) is 1.59. The fourth-order valence-corrected chi connectivity index (χ4v) is 3.05. The van der Waals surface area contributed by atoms with Crippen molar-refractivity contribution in [3.8, 4) is 5.75 Å². The quantitative estimate of drug-likeness (QED) is 0.743. The molecule has 1 fully saturated rings. The van der Waals surface area contributed by atoms with Gasteiger partial charge >= 0.3 is 0 Å². The van der Waals surface area contributed by atoms with Gasteiger partial charge in [-0.2, -0.15) is 0 Å². The minimum atomic E-state index is -0.113. The van der Waals surface area contributed by atoms with Gasteiger partial charge in [-0.05, 0) is 30.0 Å². The van der Waals surface area contributed by atoms with Crippen molar-refractivity contribution in [1.29, 1.82) is 0 Å². The molecular formula is C14H14O3. The monoisotopic (exact) mass is 230 g/mol. The van der Waals surface area contributed by atoms with E-state index in [4.69, 9.17) is 4.74 Å². The summed E-state index contributed by atoms with van der Waals surface area (Å²) < 4.78 is 5.14. The highest BCUT2D eigenvalue weighted by atomic mass is 16.5. The summed E-state index contributed by atoms with van der Waals surface area (Å²) >= 11 is 0. The van der Waals surface area contributed by atoms with E-state index in [0.717, 1.165) is 17.5 Å². The molecule has 3 heteroatoms. The maximum atomic E-state index is 12.2. The van der Waals surface area contributed by atoms with E-state index >= 15 is 0 Å². The molecule has 0 saturated heterocycles. The molecule has 1 saturated carbocycles. The molecule has 1 aromatic rings. The summed E-state index contributed by atoms with van der Waals surface area (Å²) in [5, 5.41) is 0. The highest BCUT2D eigenvalue weighted by Gasteiger charge is 2.43. The van der Waals surface area contributed by atoms with E-state index in [0.29, 0.717) is 18.6 Å². The van der Waals surface area contributed by atoms with Crippen molar-refractivity contribution in [3.63, 3.8) is 0 Å². The highest BCUT2D eigenvalue weighted by Crippen LogP contribution is 2.46. The van der Waals surface area contributed by atoms with E-state index < -0.39 is 0 Å². The second-order valence-corrected chi connectivity index (χ2v) is 4.81. The number of rotatable bonds is 1. The maximum Gasteiger partial charge on any atom is 0.167 e. The lowest BCUT2D eigenvalue weighted by molar-refractivity contribution is -0.121. The van der Waals surface area contributed by atoms with Crippen molar-refractivity contribution < 1.29 is 14.3 Å². The number of hydrogen-bond donors (Lipinski definition) is 0. The van der Waals surface area contributed by atoms with Gasteiger partial charge < -0.3 is 4.74 Å². The fraction of sp³-hybridized carbons (Fsp3) is 0.429. The Balaban J connectivity index is 2.05. The average Bonchev–Trinajstić information content (AvgIpc) is 2.62. The number of Topliss-reactive ketones (excluding diaryl/α,β-unsaturated/α-hetero) is 2. The first-order valence-corrected chi connectivity index (χ1v) is 5.94. The van der Waals surface area contributed by atoms with E-state index in [2.05, 4.69) is 0 Å². The van der Waals surface area contributed by atoms with Crippen LogP contribution in [0.15, 0.2) is 18.2 Å². The third-order valence-electron chi connectivity index (χ3n) is 3.93. The lowest BCUT2D eigenvalue weighted by Crippen LogP contribution is -2.23. The number of ether oxygens (including phenoxy) is 1. The largest absolute Gasteiger partial charge is 0.497 e. The number of ketones is 2. The van der Waals surface area contributed by atoms with Crippen LogP contribution in [-0.2, 0) is 4.79 Å². The Kier molecular flexibility index (Phi) is 2.28. The van der Waals surface area contributed by atoms with Crippen molar-refractivity contribution >= 4 is 11.6 Å². The minimum absolute atomic E-state index is 0.113. The van der Waals surface area contributed by atoms with Crippen LogP contribution in [-0.4, -0.2) is 18.7 Å². The molecule has 0 bridgehead atoms. The second kappa shape index (κ2) is 3.69. The highest BCUT2D eigenvalue weighted by molar-refractivity contribution is 6.06. The summed E-state index contributed by atoms with van der Waals surface area (Å²) in [5.74, 6) is 1.19. The number of methoxy groups -OCH3 is 1. The Hall–Kier alpha value is -1.64. The first kappa shape index (κ1) is 10.5. The molecule has 0 amide bonds. The SMILES string of the molecule is COc1ccc2c(c1)C(=O)[C@@H]1CC(=O)CC[C@H]21. The van der Waals surface area contributed by atoms with Crippen LogP contribution in [0.25, 0.3) is 0 Å². The maximum absolute atomic E-state index is 12.2. The molecule has 0 aromatic heterocycles. The molecule has 17 heavy (non-hydrogen) atoms. The number of hydrogen-bond acceptors (Lipinski definition) is 3. The van der Waals surface area contributed by atoms with E-state index in [1.54, 1.807) is 13.2 Å². The van der Waals surface area contributed by atoms with Crippen molar-refractivity contribution in [2.75, 3.05) is 7.11 Å². The lowest BCUT2D eigenvalue weighted by atomic mass is 9.79. The first-order chi connectivity index (χ1) is 8.20. The zero-order valence-corrected chi connectivity index (χ0v) is 9.73. The molecule has 3 nitrogen and oxygen atoms in total. The summed E-state index contributed by atoms with van der Waals surface area (Å²) in [6, 6.07) is 5.68. The second-order valence-electron chi connectivity index (χ2n) is 4.81. The predicted molar refractivity (Wildman–Crippen MR) is 62.4 cm³/mol. The molecule has 2 atom stereocenters. The molecular weight excluding hydrogens is 216 g/mol.